The van der Waals surface area contributed by atoms with Gasteiger partial charge < -0.3 is 14.5 Å². The molecule has 0 heterocycles. The summed E-state index contributed by atoms with van der Waals surface area (Å²) in [6.07, 6.45) is 0. The Morgan fingerprint density at radius 1 is 1.22 bits per heavy atom. The fourth-order valence-corrected chi connectivity index (χ4v) is 3.10. The van der Waals surface area contributed by atoms with Crippen LogP contribution in [0.25, 0.3) is 0 Å². The predicted octanol–water partition coefficient (Wildman–Crippen LogP) is 0.591. The van der Waals surface area contributed by atoms with E-state index in [4.69, 9.17) is 4.74 Å². The van der Waals surface area contributed by atoms with E-state index in [9.17, 15) is 8.42 Å². The van der Waals surface area contributed by atoms with Crippen LogP contribution < -0.4 is 4.72 Å². The van der Waals surface area contributed by atoms with Crippen LogP contribution in [0.2, 0.25) is 0 Å². The van der Waals surface area contributed by atoms with Crippen LogP contribution in [0.15, 0.2) is 34.2 Å². The molecule has 0 spiro atoms. The first-order valence-electron chi connectivity index (χ1n) is 7.24. The van der Waals surface area contributed by atoms with Crippen LogP contribution in [0.5, 0.6) is 0 Å². The summed E-state index contributed by atoms with van der Waals surface area (Å²) in [5, 5.41) is 0. The van der Waals surface area contributed by atoms with Gasteiger partial charge in [-0.05, 0) is 17.7 Å². The third-order valence-corrected chi connectivity index (χ3v) is 4.47. The Kier molecular flexibility index (Phi) is 7.47. The Balaban J connectivity index is 2.90. The molecule has 0 aliphatic heterocycles. The van der Waals surface area contributed by atoms with E-state index in [2.05, 4.69) is 9.71 Å². The molecule has 23 heavy (non-hydrogen) atoms. The van der Waals surface area contributed by atoms with Crippen molar-refractivity contribution in [2.45, 2.75) is 11.4 Å². The number of nitrogens with one attached hydrogen (secondary N) is 1. The van der Waals surface area contributed by atoms with E-state index in [1.165, 1.54) is 7.11 Å². The molecule has 0 unspecified atom stereocenters. The van der Waals surface area contributed by atoms with Crippen molar-refractivity contribution in [1.82, 2.24) is 14.5 Å². The van der Waals surface area contributed by atoms with Gasteiger partial charge in [-0.1, -0.05) is 12.1 Å². The number of rotatable bonds is 7. The number of nitrogens with zero attached hydrogens (tertiary/aromatic N) is 3. The SMILES string of the molecule is COCCNS(=O)(=O)c1cccc(CN=C(N(C)C)N(C)C)c1. The predicted molar refractivity (Wildman–Crippen MR) is 92.0 cm³/mol. The number of hydrogen-bond donors (Lipinski definition) is 1. The first-order chi connectivity index (χ1) is 10.8. The fourth-order valence-electron chi connectivity index (χ4n) is 2.02. The molecule has 0 amide bonds. The van der Waals surface area contributed by atoms with Gasteiger partial charge in [-0.25, -0.2) is 18.1 Å². The number of aliphatic imine (C=N–C) groups is 1. The number of hydrogen-bond acceptors (Lipinski definition) is 4. The molecular formula is C15H26N4O3S. The zero-order chi connectivity index (χ0) is 17.5. The number of methoxy groups -OCH3 is 1. The minimum Gasteiger partial charge on any atom is -0.383 e. The van der Waals surface area contributed by atoms with Gasteiger partial charge in [0.2, 0.25) is 10.0 Å². The Hall–Kier alpha value is -1.64. The van der Waals surface area contributed by atoms with Crippen molar-refractivity contribution in [2.24, 2.45) is 4.99 Å². The summed E-state index contributed by atoms with van der Waals surface area (Å²) >= 11 is 0. The van der Waals surface area contributed by atoms with Gasteiger partial charge in [-0.3, -0.25) is 0 Å². The molecule has 0 radical (unpaired) electrons. The van der Waals surface area contributed by atoms with E-state index in [-0.39, 0.29) is 11.4 Å². The van der Waals surface area contributed by atoms with Crippen LogP contribution in [0.1, 0.15) is 5.56 Å². The molecule has 0 fully saturated rings. The van der Waals surface area contributed by atoms with Crippen LogP contribution in [-0.2, 0) is 21.3 Å². The second-order valence-electron chi connectivity index (χ2n) is 5.44. The molecule has 0 atom stereocenters. The molecule has 8 heteroatoms. The van der Waals surface area contributed by atoms with E-state index >= 15 is 0 Å². The summed E-state index contributed by atoms with van der Waals surface area (Å²) in [4.78, 5) is 8.58. The molecule has 7 nitrogen and oxygen atoms in total. The first kappa shape index (κ1) is 19.4. The van der Waals surface area contributed by atoms with Gasteiger partial charge in [0.25, 0.3) is 0 Å². The minimum atomic E-state index is -3.53. The normalized spacial score (nSPS) is 11.2. The van der Waals surface area contributed by atoms with Gasteiger partial charge in [0.05, 0.1) is 18.0 Å². The van der Waals surface area contributed by atoms with Crippen molar-refractivity contribution in [2.75, 3.05) is 48.5 Å². The van der Waals surface area contributed by atoms with E-state index in [0.29, 0.717) is 13.2 Å². The third kappa shape index (κ3) is 6.17. The van der Waals surface area contributed by atoms with Gasteiger partial charge in [-0.15, -0.1) is 0 Å². The van der Waals surface area contributed by atoms with Gasteiger partial charge in [0.1, 0.15) is 0 Å². The number of benzene rings is 1. The van der Waals surface area contributed by atoms with Gasteiger partial charge >= 0.3 is 0 Å². The summed E-state index contributed by atoms with van der Waals surface area (Å²) in [5.74, 6) is 0.816. The summed E-state index contributed by atoms with van der Waals surface area (Å²) in [7, 11) is 5.67. The number of sulfonamides is 1. The number of guanidine groups is 1. The highest BCUT2D eigenvalue weighted by Gasteiger charge is 2.13. The lowest BCUT2D eigenvalue weighted by Gasteiger charge is -2.22. The van der Waals surface area contributed by atoms with Crippen molar-refractivity contribution in [3.8, 4) is 0 Å². The Bertz CT molecular complexity index is 617. The van der Waals surface area contributed by atoms with Crippen LogP contribution in [0.3, 0.4) is 0 Å². The monoisotopic (exact) mass is 342 g/mol. The van der Waals surface area contributed by atoms with E-state index in [1.54, 1.807) is 18.2 Å². The van der Waals surface area contributed by atoms with Crippen molar-refractivity contribution < 1.29 is 13.2 Å². The number of ether oxygens (including phenoxy) is 1. The average molecular weight is 342 g/mol. The molecule has 1 aromatic carbocycles. The molecule has 0 bridgehead atoms. The van der Waals surface area contributed by atoms with Crippen LogP contribution in [-0.4, -0.2) is 72.6 Å². The third-order valence-electron chi connectivity index (χ3n) is 3.01. The van der Waals surface area contributed by atoms with E-state index < -0.39 is 10.0 Å². The van der Waals surface area contributed by atoms with Gasteiger partial charge in [0, 0.05) is 41.8 Å². The van der Waals surface area contributed by atoms with Crippen molar-refractivity contribution in [3.05, 3.63) is 29.8 Å². The topological polar surface area (TPSA) is 74.2 Å². The standard InChI is InChI=1S/C15H26N4O3S/c1-18(2)15(19(3)4)16-12-13-7-6-8-14(11-13)23(20,21)17-9-10-22-5/h6-8,11,17H,9-10,12H2,1-5H3. The van der Waals surface area contributed by atoms with Crippen molar-refractivity contribution in [3.63, 3.8) is 0 Å². The molecule has 0 aliphatic carbocycles. The molecule has 130 valence electrons. The molecule has 1 aromatic rings. The van der Waals surface area contributed by atoms with Crippen LogP contribution in [0.4, 0.5) is 0 Å². The second-order valence-corrected chi connectivity index (χ2v) is 7.21. The lowest BCUT2D eigenvalue weighted by atomic mass is 10.2. The van der Waals surface area contributed by atoms with Crippen molar-refractivity contribution >= 4 is 16.0 Å². The minimum absolute atomic E-state index is 0.234. The quantitative estimate of drug-likeness (QED) is 0.446. The zero-order valence-corrected chi connectivity index (χ0v) is 15.2. The summed E-state index contributed by atoms with van der Waals surface area (Å²) < 4.78 is 31.7. The second kappa shape index (κ2) is 8.85. The summed E-state index contributed by atoms with van der Waals surface area (Å²) in [6.45, 7) is 0.984. The maximum Gasteiger partial charge on any atom is 0.240 e. The molecule has 0 saturated carbocycles. The van der Waals surface area contributed by atoms with Crippen molar-refractivity contribution in [1.29, 1.82) is 0 Å². The summed E-state index contributed by atoms with van der Waals surface area (Å²) in [5.41, 5.74) is 0.834. The first-order valence-corrected chi connectivity index (χ1v) is 8.73. The molecular weight excluding hydrogens is 316 g/mol. The molecule has 0 saturated heterocycles. The smallest absolute Gasteiger partial charge is 0.240 e. The lowest BCUT2D eigenvalue weighted by molar-refractivity contribution is 0.204. The van der Waals surface area contributed by atoms with Gasteiger partial charge in [-0.2, -0.15) is 0 Å². The molecule has 1 rings (SSSR count). The molecule has 0 aromatic heterocycles. The van der Waals surface area contributed by atoms with E-state index in [0.717, 1.165) is 11.5 Å². The Morgan fingerprint density at radius 2 is 1.87 bits per heavy atom. The van der Waals surface area contributed by atoms with Gasteiger partial charge in [0.15, 0.2) is 5.96 Å². The maximum atomic E-state index is 12.2. The Labute approximate surface area is 139 Å². The molecule has 1 N–H and O–H groups in total. The highest BCUT2D eigenvalue weighted by molar-refractivity contribution is 7.89. The highest BCUT2D eigenvalue weighted by atomic mass is 32.2. The average Bonchev–Trinajstić information content (AvgIpc) is 2.47. The zero-order valence-electron chi connectivity index (χ0n) is 14.4. The molecule has 0 aliphatic rings. The Morgan fingerprint density at radius 3 is 2.43 bits per heavy atom. The maximum absolute atomic E-state index is 12.2. The van der Waals surface area contributed by atoms with Crippen LogP contribution >= 0.6 is 0 Å². The summed E-state index contributed by atoms with van der Waals surface area (Å²) in [6, 6.07) is 6.80. The largest absolute Gasteiger partial charge is 0.383 e. The fraction of sp³-hybridized carbons (Fsp3) is 0.533. The lowest BCUT2D eigenvalue weighted by Crippen LogP contribution is -2.35. The van der Waals surface area contributed by atoms with Crippen LogP contribution in [0, 0.1) is 0 Å². The van der Waals surface area contributed by atoms with E-state index in [1.807, 2.05) is 44.1 Å². The highest BCUT2D eigenvalue weighted by Crippen LogP contribution is 2.12.